The third-order valence-electron chi connectivity index (χ3n) is 5.42. The minimum atomic E-state index is -4.55. The van der Waals surface area contributed by atoms with Crippen LogP contribution in [0.5, 0.6) is 0 Å². The molecule has 7 nitrogen and oxygen atoms in total. The minimum Gasteiger partial charge on any atom is -0.335 e. The van der Waals surface area contributed by atoms with Crippen LogP contribution in [0.2, 0.25) is 0 Å². The maximum absolute atomic E-state index is 13.2. The van der Waals surface area contributed by atoms with Crippen LogP contribution in [0.4, 0.5) is 13.2 Å². The van der Waals surface area contributed by atoms with Gasteiger partial charge >= 0.3 is 6.18 Å². The van der Waals surface area contributed by atoms with Crippen LogP contribution >= 0.6 is 11.3 Å². The summed E-state index contributed by atoms with van der Waals surface area (Å²) in [5.41, 5.74) is 1.24. The van der Waals surface area contributed by atoms with Crippen molar-refractivity contribution < 1.29 is 18.0 Å². The molecule has 4 heterocycles. The van der Waals surface area contributed by atoms with E-state index in [4.69, 9.17) is 0 Å². The van der Waals surface area contributed by atoms with Gasteiger partial charge in [0.2, 0.25) is 0 Å². The van der Waals surface area contributed by atoms with Gasteiger partial charge in [-0.05, 0) is 19.9 Å². The molecule has 162 valence electrons. The van der Waals surface area contributed by atoms with Gasteiger partial charge in [-0.3, -0.25) is 19.1 Å². The van der Waals surface area contributed by atoms with Crippen LogP contribution < -0.4 is 0 Å². The molecule has 0 aromatic carbocycles. The molecular formula is C19H23F3N6OS. The zero-order valence-corrected chi connectivity index (χ0v) is 17.8. The zero-order chi connectivity index (χ0) is 21.6. The number of nitrogens with zero attached hydrogens (tertiary/aromatic N) is 6. The summed E-state index contributed by atoms with van der Waals surface area (Å²) >= 11 is 1.06. The number of hydrogen-bond acceptors (Lipinski definition) is 5. The number of rotatable bonds is 4. The first kappa shape index (κ1) is 20.9. The molecule has 3 aromatic rings. The lowest BCUT2D eigenvalue weighted by molar-refractivity contribution is -0.140. The fourth-order valence-corrected chi connectivity index (χ4v) is 4.78. The Hall–Kier alpha value is -2.40. The van der Waals surface area contributed by atoms with E-state index in [9.17, 15) is 18.0 Å². The Bertz CT molecular complexity index is 1070. The summed E-state index contributed by atoms with van der Waals surface area (Å²) in [6.45, 7) is 8.14. The van der Waals surface area contributed by atoms with Gasteiger partial charge in [-0.15, -0.1) is 11.3 Å². The molecule has 30 heavy (non-hydrogen) atoms. The van der Waals surface area contributed by atoms with E-state index in [2.05, 4.69) is 21.3 Å². The van der Waals surface area contributed by atoms with Gasteiger partial charge in [0.1, 0.15) is 4.83 Å². The molecule has 0 unspecified atom stereocenters. The highest BCUT2D eigenvalue weighted by Gasteiger charge is 2.38. The number of carbonyl (C=O) groups excluding carboxylic acids is 1. The monoisotopic (exact) mass is 440 g/mol. The lowest BCUT2D eigenvalue weighted by Crippen LogP contribution is -2.48. The highest BCUT2D eigenvalue weighted by molar-refractivity contribution is 7.20. The Kier molecular flexibility index (Phi) is 5.35. The summed E-state index contributed by atoms with van der Waals surface area (Å²) in [6.07, 6.45) is -2.49. The number of hydrogen-bond donors (Lipinski definition) is 0. The van der Waals surface area contributed by atoms with E-state index >= 15 is 0 Å². The van der Waals surface area contributed by atoms with E-state index < -0.39 is 11.9 Å². The Morgan fingerprint density at radius 1 is 1.20 bits per heavy atom. The predicted octanol–water partition coefficient (Wildman–Crippen LogP) is 3.14. The van der Waals surface area contributed by atoms with Crippen LogP contribution in [0.3, 0.4) is 0 Å². The Morgan fingerprint density at radius 3 is 2.50 bits per heavy atom. The number of thiophene rings is 1. The number of amides is 1. The smallest absolute Gasteiger partial charge is 0.335 e. The van der Waals surface area contributed by atoms with Crippen molar-refractivity contribution in [2.75, 3.05) is 26.2 Å². The minimum absolute atomic E-state index is 0.0135. The van der Waals surface area contributed by atoms with Crippen LogP contribution in [-0.2, 0) is 26.3 Å². The summed E-state index contributed by atoms with van der Waals surface area (Å²) in [7, 11) is 1.46. The summed E-state index contributed by atoms with van der Waals surface area (Å²) in [4.78, 5) is 17.5. The number of alkyl halides is 3. The lowest BCUT2D eigenvalue weighted by atomic mass is 10.2. The fourth-order valence-electron chi connectivity index (χ4n) is 3.74. The summed E-state index contributed by atoms with van der Waals surface area (Å²) in [5, 5.41) is 8.01. The third-order valence-corrected chi connectivity index (χ3v) is 6.61. The molecule has 4 rings (SSSR count). The molecule has 0 spiro atoms. The second kappa shape index (κ2) is 7.69. The molecule has 11 heteroatoms. The number of aromatic nitrogens is 4. The molecule has 0 saturated carbocycles. The zero-order valence-electron chi connectivity index (χ0n) is 17.0. The van der Waals surface area contributed by atoms with E-state index in [1.165, 1.54) is 23.4 Å². The highest BCUT2D eigenvalue weighted by Crippen LogP contribution is 2.37. The van der Waals surface area contributed by atoms with Crippen LogP contribution in [0.1, 0.15) is 33.5 Å². The fraction of sp³-hybridized carbons (Fsp3) is 0.526. The van der Waals surface area contributed by atoms with Crippen molar-refractivity contribution in [3.05, 3.63) is 34.1 Å². The molecule has 0 bridgehead atoms. The third kappa shape index (κ3) is 3.83. The van der Waals surface area contributed by atoms with E-state index in [1.54, 1.807) is 4.90 Å². The van der Waals surface area contributed by atoms with Crippen LogP contribution in [0.25, 0.3) is 10.2 Å². The molecule has 0 atom stereocenters. The van der Waals surface area contributed by atoms with Crippen molar-refractivity contribution in [1.82, 2.24) is 29.4 Å². The van der Waals surface area contributed by atoms with E-state index in [1.807, 2.05) is 18.5 Å². The van der Waals surface area contributed by atoms with Crippen LogP contribution in [0.15, 0.2) is 12.3 Å². The molecule has 1 fully saturated rings. The van der Waals surface area contributed by atoms with E-state index in [-0.39, 0.29) is 11.3 Å². The first-order valence-corrected chi connectivity index (χ1v) is 10.6. The molecule has 0 radical (unpaired) electrons. The highest BCUT2D eigenvalue weighted by atomic mass is 32.1. The van der Waals surface area contributed by atoms with Gasteiger partial charge < -0.3 is 4.90 Å². The topological polar surface area (TPSA) is 59.2 Å². The summed E-state index contributed by atoms with van der Waals surface area (Å²) < 4.78 is 42.7. The van der Waals surface area contributed by atoms with Gasteiger partial charge in [0, 0.05) is 63.5 Å². The largest absolute Gasteiger partial charge is 0.435 e. The van der Waals surface area contributed by atoms with Gasteiger partial charge in [-0.2, -0.15) is 23.4 Å². The van der Waals surface area contributed by atoms with Crippen molar-refractivity contribution in [1.29, 1.82) is 0 Å². The van der Waals surface area contributed by atoms with Gasteiger partial charge in [-0.1, -0.05) is 0 Å². The maximum Gasteiger partial charge on any atom is 0.435 e. The van der Waals surface area contributed by atoms with Crippen molar-refractivity contribution in [3.63, 3.8) is 0 Å². The van der Waals surface area contributed by atoms with Crippen molar-refractivity contribution in [3.8, 4) is 0 Å². The number of carbonyl (C=O) groups is 1. The number of aryl methyl sites for hydroxylation is 3. The van der Waals surface area contributed by atoms with Gasteiger partial charge in [0.05, 0.1) is 10.6 Å². The molecule has 0 aliphatic carbocycles. The predicted molar refractivity (Wildman–Crippen MR) is 107 cm³/mol. The maximum atomic E-state index is 13.2. The van der Waals surface area contributed by atoms with Crippen molar-refractivity contribution in [2.45, 2.75) is 33.1 Å². The second-order valence-electron chi connectivity index (χ2n) is 7.46. The van der Waals surface area contributed by atoms with Gasteiger partial charge in [0.25, 0.3) is 5.91 Å². The normalized spacial score (nSPS) is 16.0. The second-order valence-corrected chi connectivity index (χ2v) is 8.49. The average Bonchev–Trinajstić information content (AvgIpc) is 3.36. The van der Waals surface area contributed by atoms with Crippen molar-refractivity contribution in [2.24, 2.45) is 7.05 Å². The molecule has 0 N–H and O–H groups in total. The SMILES string of the molecule is CCn1cc(CN2CCN(C(=O)c3cc4c(C(F)(F)F)nn(C)c4s3)CC2)c(C)n1. The number of fused-ring (bicyclic) bond motifs is 1. The Balaban J connectivity index is 1.43. The molecule has 1 saturated heterocycles. The lowest BCUT2D eigenvalue weighted by Gasteiger charge is -2.34. The van der Waals surface area contributed by atoms with Crippen molar-refractivity contribution >= 4 is 27.5 Å². The van der Waals surface area contributed by atoms with Crippen LogP contribution in [-0.4, -0.2) is 61.4 Å². The van der Waals surface area contributed by atoms with Gasteiger partial charge in [0.15, 0.2) is 5.69 Å². The quantitative estimate of drug-likeness (QED) is 0.626. The first-order valence-electron chi connectivity index (χ1n) is 9.75. The van der Waals surface area contributed by atoms with E-state index in [0.29, 0.717) is 35.9 Å². The average molecular weight is 440 g/mol. The summed E-state index contributed by atoms with van der Waals surface area (Å²) in [5.74, 6) is -0.223. The number of piperazine rings is 1. The molecule has 1 aliphatic heterocycles. The molecule has 1 aliphatic rings. The molecule has 3 aromatic heterocycles. The number of halogens is 3. The Labute approximate surface area is 175 Å². The molecule has 1 amide bonds. The van der Waals surface area contributed by atoms with Gasteiger partial charge in [-0.25, -0.2) is 0 Å². The summed E-state index contributed by atoms with van der Waals surface area (Å²) in [6, 6.07) is 1.33. The Morgan fingerprint density at radius 2 is 1.90 bits per heavy atom. The molecular weight excluding hydrogens is 417 g/mol. The van der Waals surface area contributed by atoms with E-state index in [0.717, 1.165) is 30.1 Å². The first-order chi connectivity index (χ1) is 14.2. The van der Waals surface area contributed by atoms with Crippen LogP contribution in [0, 0.1) is 6.92 Å². The standard InChI is InChI=1S/C19H23F3N6OS/c1-4-28-11-13(12(2)23-28)10-26-5-7-27(8-6-26)17(29)15-9-14-16(19(20,21)22)24-25(3)18(14)30-15/h9,11H,4-8,10H2,1-3H3.